The van der Waals surface area contributed by atoms with Crippen molar-refractivity contribution in [2.75, 3.05) is 0 Å². The summed E-state index contributed by atoms with van der Waals surface area (Å²) in [4.78, 5) is 0. The van der Waals surface area contributed by atoms with E-state index in [9.17, 15) is 15.3 Å². The maximum atomic E-state index is 9.90. The minimum absolute atomic E-state index is 0.0154. The zero-order chi connectivity index (χ0) is 10.7. The average Bonchev–Trinajstić information content (AvgIpc) is 1.98. The number of rotatable bonds is 0. The zero-order valence-corrected chi connectivity index (χ0v) is 9.07. The summed E-state index contributed by atoms with van der Waals surface area (Å²) in [5.41, 5.74) is -0.369. The number of hydrogen-bond acceptors (Lipinski definition) is 3. The lowest BCUT2D eigenvalue weighted by Gasteiger charge is -2.63. The van der Waals surface area contributed by atoms with Crippen LogP contribution in [-0.2, 0) is 0 Å². The molecule has 14 heavy (non-hydrogen) atoms. The molecule has 0 bridgehead atoms. The monoisotopic (exact) mass is 200 g/mol. The van der Waals surface area contributed by atoms with Crippen LogP contribution in [-0.4, -0.2) is 33.6 Å². The molecule has 0 radical (unpaired) electrons. The summed E-state index contributed by atoms with van der Waals surface area (Å²) in [6.45, 7) is 5.97. The summed E-state index contributed by atoms with van der Waals surface area (Å²) < 4.78 is 0. The van der Waals surface area contributed by atoms with E-state index in [0.717, 1.165) is 6.42 Å². The second-order valence-corrected chi connectivity index (χ2v) is 5.94. The molecule has 3 nitrogen and oxygen atoms in total. The summed E-state index contributed by atoms with van der Waals surface area (Å²) >= 11 is 0. The largest absolute Gasteiger partial charge is 0.393 e. The van der Waals surface area contributed by atoms with E-state index in [0.29, 0.717) is 6.42 Å². The molecule has 2 fully saturated rings. The van der Waals surface area contributed by atoms with Crippen LogP contribution in [0.2, 0.25) is 0 Å². The molecule has 2 saturated carbocycles. The summed E-state index contributed by atoms with van der Waals surface area (Å²) in [7, 11) is 0. The minimum atomic E-state index is -0.712. The van der Waals surface area contributed by atoms with E-state index in [2.05, 4.69) is 6.92 Å². The summed E-state index contributed by atoms with van der Waals surface area (Å²) in [6, 6.07) is 0. The first-order valence-electron chi connectivity index (χ1n) is 5.33. The molecule has 0 aliphatic heterocycles. The van der Waals surface area contributed by atoms with Gasteiger partial charge in [-0.3, -0.25) is 0 Å². The standard InChI is InChI=1S/C11H20O3/c1-10(2)8-6(12)4-11(8,3)5-7(13)9(10)14/h6-9,12-14H,4-5H2,1-3H3. The molecule has 0 amide bonds. The Kier molecular flexibility index (Phi) is 2.02. The van der Waals surface area contributed by atoms with E-state index in [1.165, 1.54) is 0 Å². The quantitative estimate of drug-likeness (QED) is 0.534. The van der Waals surface area contributed by atoms with E-state index in [1.54, 1.807) is 0 Å². The van der Waals surface area contributed by atoms with Crippen molar-refractivity contribution in [1.29, 1.82) is 0 Å². The van der Waals surface area contributed by atoms with Crippen molar-refractivity contribution < 1.29 is 15.3 Å². The predicted octanol–water partition coefficient (Wildman–Crippen LogP) is 0.525. The number of hydrogen-bond donors (Lipinski definition) is 3. The highest BCUT2D eigenvalue weighted by molar-refractivity contribution is 5.12. The van der Waals surface area contributed by atoms with Gasteiger partial charge >= 0.3 is 0 Å². The highest BCUT2D eigenvalue weighted by Gasteiger charge is 2.63. The molecule has 5 atom stereocenters. The van der Waals surface area contributed by atoms with Crippen LogP contribution in [0.5, 0.6) is 0 Å². The molecule has 0 saturated heterocycles. The third kappa shape index (κ3) is 1.09. The first-order chi connectivity index (χ1) is 6.29. The van der Waals surface area contributed by atoms with E-state index < -0.39 is 12.2 Å². The van der Waals surface area contributed by atoms with Gasteiger partial charge in [-0.25, -0.2) is 0 Å². The highest BCUT2D eigenvalue weighted by atomic mass is 16.3. The Bertz CT molecular complexity index is 251. The van der Waals surface area contributed by atoms with Crippen LogP contribution in [0.15, 0.2) is 0 Å². The van der Waals surface area contributed by atoms with Crippen molar-refractivity contribution in [2.45, 2.75) is 51.9 Å². The lowest BCUT2D eigenvalue weighted by atomic mass is 9.44. The molecule has 0 aromatic heterocycles. The van der Waals surface area contributed by atoms with Crippen molar-refractivity contribution >= 4 is 0 Å². The van der Waals surface area contributed by atoms with Gasteiger partial charge in [0.05, 0.1) is 18.3 Å². The molecule has 2 aliphatic rings. The highest BCUT2D eigenvalue weighted by Crippen LogP contribution is 2.62. The van der Waals surface area contributed by atoms with Crippen LogP contribution in [0.25, 0.3) is 0 Å². The second-order valence-electron chi connectivity index (χ2n) is 5.94. The second kappa shape index (κ2) is 2.71. The fourth-order valence-electron chi connectivity index (χ4n) is 3.90. The van der Waals surface area contributed by atoms with Gasteiger partial charge in [-0.1, -0.05) is 20.8 Å². The fourth-order valence-corrected chi connectivity index (χ4v) is 3.90. The number of aliphatic hydroxyl groups is 3. The maximum absolute atomic E-state index is 9.90. The lowest BCUT2D eigenvalue weighted by molar-refractivity contribution is -0.245. The first-order valence-corrected chi connectivity index (χ1v) is 5.33. The van der Waals surface area contributed by atoms with Gasteiger partial charge in [0.1, 0.15) is 0 Å². The number of aliphatic hydroxyl groups excluding tert-OH is 3. The smallest absolute Gasteiger partial charge is 0.0853 e. The minimum Gasteiger partial charge on any atom is -0.393 e. The third-order valence-corrected chi connectivity index (χ3v) is 4.41. The molecule has 3 N–H and O–H groups in total. The topological polar surface area (TPSA) is 60.7 Å². The van der Waals surface area contributed by atoms with Crippen LogP contribution in [0, 0.1) is 16.7 Å². The van der Waals surface area contributed by atoms with Gasteiger partial charge in [0.2, 0.25) is 0 Å². The van der Waals surface area contributed by atoms with Crippen LogP contribution >= 0.6 is 0 Å². The maximum Gasteiger partial charge on any atom is 0.0853 e. The van der Waals surface area contributed by atoms with Gasteiger partial charge in [0.25, 0.3) is 0 Å². The van der Waals surface area contributed by atoms with E-state index in [-0.39, 0.29) is 22.9 Å². The Morgan fingerprint density at radius 1 is 0.929 bits per heavy atom. The van der Waals surface area contributed by atoms with Crippen LogP contribution in [0.4, 0.5) is 0 Å². The van der Waals surface area contributed by atoms with Gasteiger partial charge in [-0.2, -0.15) is 0 Å². The van der Waals surface area contributed by atoms with E-state index in [4.69, 9.17) is 0 Å². The van der Waals surface area contributed by atoms with Gasteiger partial charge in [-0.05, 0) is 29.6 Å². The number of fused-ring (bicyclic) bond motifs is 1. The van der Waals surface area contributed by atoms with Crippen molar-refractivity contribution in [3.05, 3.63) is 0 Å². The van der Waals surface area contributed by atoms with Crippen molar-refractivity contribution in [3.63, 3.8) is 0 Å². The van der Waals surface area contributed by atoms with Crippen molar-refractivity contribution in [2.24, 2.45) is 16.7 Å². The third-order valence-electron chi connectivity index (χ3n) is 4.41. The molecular formula is C11H20O3. The van der Waals surface area contributed by atoms with E-state index in [1.807, 2.05) is 13.8 Å². The Balaban J connectivity index is 2.30. The molecular weight excluding hydrogens is 180 g/mol. The molecule has 0 aromatic rings. The molecule has 0 spiro atoms. The van der Waals surface area contributed by atoms with Gasteiger partial charge in [0, 0.05) is 0 Å². The average molecular weight is 200 g/mol. The van der Waals surface area contributed by atoms with Crippen LogP contribution in [0.1, 0.15) is 33.6 Å². The normalized spacial score (nSPS) is 56.1. The first kappa shape index (κ1) is 10.4. The molecule has 3 heteroatoms. The summed E-state index contributed by atoms with van der Waals surface area (Å²) in [5.74, 6) is 0.119. The SMILES string of the molecule is CC12CC(O)C(O)C(C)(C)C1C(O)C2. The fraction of sp³-hybridized carbons (Fsp3) is 1.00. The van der Waals surface area contributed by atoms with Gasteiger partial charge < -0.3 is 15.3 Å². The van der Waals surface area contributed by atoms with Gasteiger partial charge in [-0.15, -0.1) is 0 Å². The van der Waals surface area contributed by atoms with Gasteiger partial charge in [0.15, 0.2) is 0 Å². The molecule has 2 rings (SSSR count). The Labute approximate surface area is 84.8 Å². The zero-order valence-electron chi connectivity index (χ0n) is 9.07. The molecule has 5 unspecified atom stereocenters. The van der Waals surface area contributed by atoms with Crippen molar-refractivity contribution in [1.82, 2.24) is 0 Å². The van der Waals surface area contributed by atoms with Crippen LogP contribution < -0.4 is 0 Å². The van der Waals surface area contributed by atoms with E-state index >= 15 is 0 Å². The lowest BCUT2D eigenvalue weighted by Crippen LogP contribution is -2.66. The predicted molar refractivity (Wildman–Crippen MR) is 52.6 cm³/mol. The Hall–Kier alpha value is -0.120. The Morgan fingerprint density at radius 3 is 1.93 bits per heavy atom. The van der Waals surface area contributed by atoms with Crippen LogP contribution in [0.3, 0.4) is 0 Å². The Morgan fingerprint density at radius 2 is 1.43 bits per heavy atom. The molecule has 2 aliphatic carbocycles. The summed E-state index contributed by atoms with van der Waals surface area (Å²) in [5, 5.41) is 29.4. The molecule has 82 valence electrons. The molecule has 0 heterocycles. The summed E-state index contributed by atoms with van der Waals surface area (Å²) in [6.07, 6.45) is -0.295. The van der Waals surface area contributed by atoms with Crippen molar-refractivity contribution in [3.8, 4) is 0 Å². The molecule has 0 aromatic carbocycles.